The molecule has 4 aromatic rings. The van der Waals surface area contributed by atoms with Gasteiger partial charge >= 0.3 is 0 Å². The molecular formula is C23H22N4O4S. The van der Waals surface area contributed by atoms with E-state index < -0.39 is 0 Å². The number of hydrogen-bond acceptors (Lipinski definition) is 6. The van der Waals surface area contributed by atoms with Gasteiger partial charge in [-0.15, -0.1) is 0 Å². The molecule has 4 rings (SSSR count). The Morgan fingerprint density at radius 3 is 2.62 bits per heavy atom. The molecule has 0 fully saturated rings. The molecule has 0 aliphatic carbocycles. The maximum atomic E-state index is 13.2. The minimum atomic E-state index is -0.263. The number of ether oxygens (including phenoxy) is 2. The third-order valence-corrected chi connectivity index (χ3v) is 5.72. The molecular weight excluding hydrogens is 428 g/mol. The largest absolute Gasteiger partial charge is 0.497 e. The number of thioether (sulfide) groups is 1. The summed E-state index contributed by atoms with van der Waals surface area (Å²) in [7, 11) is 3.08. The molecule has 0 aliphatic heterocycles. The Hall–Kier alpha value is -3.72. The van der Waals surface area contributed by atoms with Crippen LogP contribution in [0, 0.1) is 6.92 Å². The maximum absolute atomic E-state index is 13.2. The first-order valence-corrected chi connectivity index (χ1v) is 10.8. The van der Waals surface area contributed by atoms with Crippen LogP contribution < -0.4 is 20.3 Å². The fourth-order valence-corrected chi connectivity index (χ4v) is 4.12. The number of nitrogens with zero attached hydrogens (tertiary/aromatic N) is 2. The second kappa shape index (κ2) is 9.19. The van der Waals surface area contributed by atoms with Crippen molar-refractivity contribution in [1.82, 2.24) is 14.5 Å². The average Bonchev–Trinajstić information content (AvgIpc) is 3.18. The summed E-state index contributed by atoms with van der Waals surface area (Å²) in [4.78, 5) is 33.6. The number of fused-ring (bicyclic) bond motifs is 1. The molecule has 0 spiro atoms. The predicted octanol–water partition coefficient (Wildman–Crippen LogP) is 3.77. The van der Waals surface area contributed by atoms with Gasteiger partial charge in [0.25, 0.3) is 5.56 Å². The lowest BCUT2D eigenvalue weighted by atomic mass is 10.2. The third kappa shape index (κ3) is 4.33. The molecule has 9 heteroatoms. The van der Waals surface area contributed by atoms with Crippen molar-refractivity contribution >= 4 is 34.4 Å². The van der Waals surface area contributed by atoms with Gasteiger partial charge < -0.3 is 19.8 Å². The number of methoxy groups -OCH3 is 2. The number of aromatic amines is 1. The number of hydrogen-bond donors (Lipinski definition) is 2. The van der Waals surface area contributed by atoms with Gasteiger partial charge in [-0.05, 0) is 37.3 Å². The molecule has 2 heterocycles. The van der Waals surface area contributed by atoms with Crippen LogP contribution in [0.3, 0.4) is 0 Å². The standard InChI is InChI=1S/C23H22N4O4S/c1-14-11-18-21(24-14)22(29)27(15-7-5-4-6-8-15)23(26-18)32-13-20(28)25-17-12-16(30-2)9-10-19(17)31-3/h4-12,24H,13H2,1-3H3,(H,25,28). The number of carbonyl (C=O) groups excluding carboxylic acids is 1. The molecule has 0 atom stereocenters. The number of benzene rings is 2. The minimum Gasteiger partial charge on any atom is -0.497 e. The molecule has 0 saturated carbocycles. The van der Waals surface area contributed by atoms with Crippen LogP contribution in [0.5, 0.6) is 11.5 Å². The van der Waals surface area contributed by atoms with Crippen molar-refractivity contribution in [3.05, 3.63) is 70.6 Å². The second-order valence-electron chi connectivity index (χ2n) is 6.99. The smallest absolute Gasteiger partial charge is 0.283 e. The zero-order chi connectivity index (χ0) is 22.7. The normalized spacial score (nSPS) is 10.8. The Morgan fingerprint density at radius 2 is 1.91 bits per heavy atom. The summed E-state index contributed by atoms with van der Waals surface area (Å²) in [5.41, 5.74) is 2.80. The number of para-hydroxylation sites is 1. The number of anilines is 1. The summed E-state index contributed by atoms with van der Waals surface area (Å²) >= 11 is 1.18. The van der Waals surface area contributed by atoms with Crippen LogP contribution in [0.2, 0.25) is 0 Å². The summed E-state index contributed by atoms with van der Waals surface area (Å²) in [6.07, 6.45) is 0. The average molecular weight is 451 g/mol. The molecule has 0 bridgehead atoms. The summed E-state index contributed by atoms with van der Waals surface area (Å²) in [6.45, 7) is 1.87. The van der Waals surface area contributed by atoms with E-state index in [1.54, 1.807) is 25.3 Å². The van der Waals surface area contributed by atoms with E-state index in [1.165, 1.54) is 23.4 Å². The second-order valence-corrected chi connectivity index (χ2v) is 7.93. The highest BCUT2D eigenvalue weighted by Gasteiger charge is 2.17. The number of aromatic nitrogens is 3. The van der Waals surface area contributed by atoms with Crippen molar-refractivity contribution in [3.8, 4) is 17.2 Å². The highest BCUT2D eigenvalue weighted by atomic mass is 32.2. The first-order valence-electron chi connectivity index (χ1n) is 9.82. The van der Waals surface area contributed by atoms with E-state index in [0.717, 1.165) is 5.69 Å². The molecule has 0 saturated heterocycles. The Morgan fingerprint density at radius 1 is 1.12 bits per heavy atom. The fourth-order valence-electron chi connectivity index (χ4n) is 3.31. The third-order valence-electron chi connectivity index (χ3n) is 4.78. The predicted molar refractivity (Wildman–Crippen MR) is 125 cm³/mol. The maximum Gasteiger partial charge on any atom is 0.283 e. The van der Waals surface area contributed by atoms with E-state index in [9.17, 15) is 9.59 Å². The number of nitrogens with one attached hydrogen (secondary N) is 2. The van der Waals surface area contributed by atoms with E-state index in [2.05, 4.69) is 15.3 Å². The molecule has 1 amide bonds. The lowest BCUT2D eigenvalue weighted by Crippen LogP contribution is -2.23. The Balaban J connectivity index is 1.63. The zero-order valence-electron chi connectivity index (χ0n) is 17.8. The van der Waals surface area contributed by atoms with Gasteiger partial charge in [-0.1, -0.05) is 30.0 Å². The van der Waals surface area contributed by atoms with Gasteiger partial charge in [0.2, 0.25) is 5.91 Å². The highest BCUT2D eigenvalue weighted by Crippen LogP contribution is 2.29. The Kier molecular flexibility index (Phi) is 6.18. The van der Waals surface area contributed by atoms with Crippen LogP contribution in [0.4, 0.5) is 5.69 Å². The molecule has 0 aliphatic rings. The summed E-state index contributed by atoms with van der Waals surface area (Å²) < 4.78 is 12.1. The summed E-state index contributed by atoms with van der Waals surface area (Å²) in [5, 5.41) is 3.27. The molecule has 2 aromatic carbocycles. The molecule has 0 radical (unpaired) electrons. The number of rotatable bonds is 7. The van der Waals surface area contributed by atoms with Gasteiger partial charge in [0.1, 0.15) is 17.0 Å². The van der Waals surface area contributed by atoms with Crippen LogP contribution in [-0.2, 0) is 4.79 Å². The van der Waals surface area contributed by atoms with Crippen LogP contribution in [-0.4, -0.2) is 40.4 Å². The number of H-pyrrole nitrogens is 1. The van der Waals surface area contributed by atoms with Crippen molar-refractivity contribution < 1.29 is 14.3 Å². The van der Waals surface area contributed by atoms with Crippen LogP contribution >= 0.6 is 11.8 Å². The Bertz CT molecular complexity index is 1330. The van der Waals surface area contributed by atoms with Gasteiger partial charge in [0.05, 0.1) is 36.9 Å². The fraction of sp³-hybridized carbons (Fsp3) is 0.174. The molecule has 2 N–H and O–H groups in total. The molecule has 2 aromatic heterocycles. The van der Waals surface area contributed by atoms with E-state index in [4.69, 9.17) is 9.47 Å². The molecule has 32 heavy (non-hydrogen) atoms. The van der Waals surface area contributed by atoms with Crippen LogP contribution in [0.1, 0.15) is 5.69 Å². The topological polar surface area (TPSA) is 98.2 Å². The van der Waals surface area contributed by atoms with Crippen molar-refractivity contribution in [2.24, 2.45) is 0 Å². The van der Waals surface area contributed by atoms with Gasteiger partial charge in [0, 0.05) is 11.8 Å². The number of aryl methyl sites for hydroxylation is 1. The molecule has 8 nitrogen and oxygen atoms in total. The molecule has 164 valence electrons. The van der Waals surface area contributed by atoms with Crippen LogP contribution in [0.15, 0.2) is 64.5 Å². The summed E-state index contributed by atoms with van der Waals surface area (Å²) in [5.74, 6) is 0.907. The SMILES string of the molecule is COc1ccc(OC)c(NC(=O)CSc2nc3cc(C)[nH]c3c(=O)n2-c2ccccc2)c1. The van der Waals surface area contributed by atoms with Gasteiger partial charge in [-0.2, -0.15) is 0 Å². The number of amides is 1. The van der Waals surface area contributed by atoms with Gasteiger partial charge in [0.15, 0.2) is 5.16 Å². The lowest BCUT2D eigenvalue weighted by molar-refractivity contribution is -0.113. The monoisotopic (exact) mass is 450 g/mol. The van der Waals surface area contributed by atoms with E-state index in [1.807, 2.05) is 43.3 Å². The van der Waals surface area contributed by atoms with E-state index in [-0.39, 0.29) is 17.2 Å². The van der Waals surface area contributed by atoms with Crippen molar-refractivity contribution in [1.29, 1.82) is 0 Å². The summed E-state index contributed by atoms with van der Waals surface area (Å²) in [6, 6.07) is 16.2. The van der Waals surface area contributed by atoms with Crippen molar-refractivity contribution in [2.75, 3.05) is 25.3 Å². The van der Waals surface area contributed by atoms with Gasteiger partial charge in [-0.3, -0.25) is 14.2 Å². The first kappa shape index (κ1) is 21.5. The molecule has 0 unspecified atom stereocenters. The number of carbonyl (C=O) groups is 1. The van der Waals surface area contributed by atoms with E-state index in [0.29, 0.717) is 39.1 Å². The lowest BCUT2D eigenvalue weighted by Gasteiger charge is -2.13. The van der Waals surface area contributed by atoms with Crippen LogP contribution in [0.25, 0.3) is 16.7 Å². The first-order chi connectivity index (χ1) is 15.5. The van der Waals surface area contributed by atoms with E-state index >= 15 is 0 Å². The van der Waals surface area contributed by atoms with Crippen molar-refractivity contribution in [3.63, 3.8) is 0 Å². The highest BCUT2D eigenvalue weighted by molar-refractivity contribution is 7.99. The Labute approximate surface area is 188 Å². The quantitative estimate of drug-likeness (QED) is 0.329. The minimum absolute atomic E-state index is 0.0501. The van der Waals surface area contributed by atoms with Crippen molar-refractivity contribution in [2.45, 2.75) is 12.1 Å². The zero-order valence-corrected chi connectivity index (χ0v) is 18.7. The van der Waals surface area contributed by atoms with Gasteiger partial charge in [-0.25, -0.2) is 4.98 Å².